The van der Waals surface area contributed by atoms with E-state index in [0.717, 1.165) is 26.0 Å². The Morgan fingerprint density at radius 3 is 2.89 bits per heavy atom. The highest BCUT2D eigenvalue weighted by atomic mass is 16.5. The summed E-state index contributed by atoms with van der Waals surface area (Å²) in [7, 11) is 0. The summed E-state index contributed by atoms with van der Waals surface area (Å²) in [6, 6.07) is 11.4. The number of aryl methyl sites for hydroxylation is 1. The van der Waals surface area contributed by atoms with Gasteiger partial charge in [-0.15, -0.1) is 0 Å². The molecule has 0 saturated carbocycles. The molecule has 1 N–H and O–H groups in total. The number of rotatable bonds is 6. The summed E-state index contributed by atoms with van der Waals surface area (Å²) >= 11 is 0. The maximum atomic E-state index is 5.87. The van der Waals surface area contributed by atoms with Crippen LogP contribution in [0, 0.1) is 0 Å². The molecule has 0 bridgehead atoms. The summed E-state index contributed by atoms with van der Waals surface area (Å²) < 4.78 is 5.87. The van der Waals surface area contributed by atoms with Gasteiger partial charge in [-0.25, -0.2) is 0 Å². The molecule has 2 atom stereocenters. The monoisotopic (exact) mass is 247 g/mol. The molecule has 0 radical (unpaired) electrons. The summed E-state index contributed by atoms with van der Waals surface area (Å²) in [5.74, 6) is 0. The molecule has 1 aromatic rings. The normalized spacial score (nSPS) is 24.1. The van der Waals surface area contributed by atoms with E-state index in [2.05, 4.69) is 42.6 Å². The van der Waals surface area contributed by atoms with Crippen molar-refractivity contribution in [1.82, 2.24) is 5.32 Å². The summed E-state index contributed by atoms with van der Waals surface area (Å²) in [5, 5.41) is 3.62. The number of nitrogens with one attached hydrogen (secondary N) is 1. The van der Waals surface area contributed by atoms with Gasteiger partial charge in [0.25, 0.3) is 0 Å². The molecule has 1 aromatic carbocycles. The van der Waals surface area contributed by atoms with Gasteiger partial charge in [0.15, 0.2) is 0 Å². The van der Waals surface area contributed by atoms with Crippen molar-refractivity contribution in [2.75, 3.05) is 13.2 Å². The highest BCUT2D eigenvalue weighted by Crippen LogP contribution is 2.18. The van der Waals surface area contributed by atoms with Crippen molar-refractivity contribution < 1.29 is 4.74 Å². The second-order valence-electron chi connectivity index (χ2n) is 5.19. The molecule has 0 aliphatic carbocycles. The average molecular weight is 247 g/mol. The lowest BCUT2D eigenvalue weighted by atomic mass is 9.98. The summed E-state index contributed by atoms with van der Waals surface area (Å²) in [5.41, 5.74) is 1.42. The highest BCUT2D eigenvalue weighted by Gasteiger charge is 2.21. The van der Waals surface area contributed by atoms with Crippen molar-refractivity contribution in [1.29, 1.82) is 0 Å². The molecule has 1 aliphatic heterocycles. The Bertz CT molecular complexity index is 325. The Hall–Kier alpha value is -0.860. The lowest BCUT2D eigenvalue weighted by molar-refractivity contribution is -0.00250. The molecule has 2 heteroatoms. The average Bonchev–Trinajstić information content (AvgIpc) is 2.44. The third-order valence-corrected chi connectivity index (χ3v) is 3.65. The summed E-state index contributed by atoms with van der Waals surface area (Å²) in [6.07, 6.45) is 6.27. The zero-order chi connectivity index (χ0) is 12.6. The smallest absolute Gasteiger partial charge is 0.0593 e. The second kappa shape index (κ2) is 7.55. The van der Waals surface area contributed by atoms with Gasteiger partial charge in [0.05, 0.1) is 6.10 Å². The van der Waals surface area contributed by atoms with E-state index in [4.69, 9.17) is 4.74 Å². The fraction of sp³-hybridized carbons (Fsp3) is 0.625. The minimum atomic E-state index is 0.438. The Kier molecular flexibility index (Phi) is 5.69. The lowest BCUT2D eigenvalue weighted by Crippen LogP contribution is -2.39. The molecule has 1 fully saturated rings. The number of hydrogen-bond donors (Lipinski definition) is 1. The molecular weight excluding hydrogens is 222 g/mol. The van der Waals surface area contributed by atoms with Gasteiger partial charge in [0.2, 0.25) is 0 Å². The lowest BCUT2D eigenvalue weighted by Gasteiger charge is -2.30. The van der Waals surface area contributed by atoms with Crippen LogP contribution in [0.5, 0.6) is 0 Å². The predicted octanol–water partition coefficient (Wildman–Crippen LogP) is 3.17. The standard InChI is InChI=1S/C16H25NO/c1-2-11-17-15-10-12-18-16(13-15)9-8-14-6-4-3-5-7-14/h3-7,15-17H,2,8-13H2,1H3. The van der Waals surface area contributed by atoms with E-state index in [9.17, 15) is 0 Å². The van der Waals surface area contributed by atoms with Gasteiger partial charge < -0.3 is 10.1 Å². The first-order chi connectivity index (χ1) is 8.88. The molecule has 2 rings (SSSR count). The van der Waals surface area contributed by atoms with Crippen LogP contribution in [0.1, 0.15) is 38.2 Å². The Labute approximate surface area is 111 Å². The van der Waals surface area contributed by atoms with Crippen LogP contribution in [0.25, 0.3) is 0 Å². The molecule has 100 valence electrons. The van der Waals surface area contributed by atoms with E-state index in [1.54, 1.807) is 0 Å². The first kappa shape index (κ1) is 13.6. The van der Waals surface area contributed by atoms with Crippen LogP contribution in [0.3, 0.4) is 0 Å². The fourth-order valence-corrected chi connectivity index (χ4v) is 2.59. The van der Waals surface area contributed by atoms with E-state index < -0.39 is 0 Å². The molecule has 0 spiro atoms. The van der Waals surface area contributed by atoms with Gasteiger partial charge in [-0.05, 0) is 44.2 Å². The summed E-state index contributed by atoms with van der Waals surface area (Å²) in [6.45, 7) is 4.27. The van der Waals surface area contributed by atoms with Crippen LogP contribution in [0.2, 0.25) is 0 Å². The van der Waals surface area contributed by atoms with Gasteiger partial charge in [-0.1, -0.05) is 37.3 Å². The van der Waals surface area contributed by atoms with Crippen LogP contribution >= 0.6 is 0 Å². The minimum absolute atomic E-state index is 0.438. The first-order valence-corrected chi connectivity index (χ1v) is 7.27. The molecule has 0 amide bonds. The topological polar surface area (TPSA) is 21.3 Å². The van der Waals surface area contributed by atoms with Crippen molar-refractivity contribution in [3.8, 4) is 0 Å². The quantitative estimate of drug-likeness (QED) is 0.833. The van der Waals surface area contributed by atoms with Crippen LogP contribution in [0.4, 0.5) is 0 Å². The summed E-state index contributed by atoms with van der Waals surface area (Å²) in [4.78, 5) is 0. The van der Waals surface area contributed by atoms with Crippen molar-refractivity contribution in [3.63, 3.8) is 0 Å². The van der Waals surface area contributed by atoms with Crippen molar-refractivity contribution in [2.24, 2.45) is 0 Å². The largest absolute Gasteiger partial charge is 0.378 e. The number of benzene rings is 1. The molecule has 2 unspecified atom stereocenters. The van der Waals surface area contributed by atoms with E-state index in [-0.39, 0.29) is 0 Å². The van der Waals surface area contributed by atoms with Gasteiger partial charge in [0.1, 0.15) is 0 Å². The first-order valence-electron chi connectivity index (χ1n) is 7.27. The Morgan fingerprint density at radius 1 is 1.28 bits per heavy atom. The third kappa shape index (κ3) is 4.43. The van der Waals surface area contributed by atoms with E-state index in [1.807, 2.05) is 0 Å². The Balaban J connectivity index is 1.72. The highest BCUT2D eigenvalue weighted by molar-refractivity contribution is 5.14. The van der Waals surface area contributed by atoms with E-state index >= 15 is 0 Å². The molecule has 0 aromatic heterocycles. The second-order valence-corrected chi connectivity index (χ2v) is 5.19. The maximum absolute atomic E-state index is 5.87. The van der Waals surface area contributed by atoms with Gasteiger partial charge in [-0.2, -0.15) is 0 Å². The molecule has 1 aliphatic rings. The molecule has 1 heterocycles. The zero-order valence-electron chi connectivity index (χ0n) is 11.4. The number of ether oxygens (including phenoxy) is 1. The number of hydrogen-bond acceptors (Lipinski definition) is 2. The predicted molar refractivity (Wildman–Crippen MR) is 75.8 cm³/mol. The minimum Gasteiger partial charge on any atom is -0.378 e. The van der Waals surface area contributed by atoms with Crippen molar-refractivity contribution in [3.05, 3.63) is 35.9 Å². The van der Waals surface area contributed by atoms with Gasteiger partial charge in [-0.3, -0.25) is 0 Å². The Morgan fingerprint density at radius 2 is 2.11 bits per heavy atom. The van der Waals surface area contributed by atoms with Gasteiger partial charge in [0, 0.05) is 12.6 Å². The van der Waals surface area contributed by atoms with Crippen LogP contribution in [-0.2, 0) is 11.2 Å². The van der Waals surface area contributed by atoms with Gasteiger partial charge >= 0.3 is 0 Å². The van der Waals surface area contributed by atoms with Crippen LogP contribution in [-0.4, -0.2) is 25.3 Å². The fourth-order valence-electron chi connectivity index (χ4n) is 2.59. The molecule has 1 saturated heterocycles. The van der Waals surface area contributed by atoms with Crippen molar-refractivity contribution in [2.45, 2.75) is 51.2 Å². The van der Waals surface area contributed by atoms with E-state index in [0.29, 0.717) is 12.1 Å². The van der Waals surface area contributed by atoms with Crippen LogP contribution in [0.15, 0.2) is 30.3 Å². The third-order valence-electron chi connectivity index (χ3n) is 3.65. The van der Waals surface area contributed by atoms with E-state index in [1.165, 1.54) is 24.8 Å². The van der Waals surface area contributed by atoms with Crippen LogP contribution < -0.4 is 5.32 Å². The maximum Gasteiger partial charge on any atom is 0.0593 e. The molecular formula is C16H25NO. The molecule has 2 nitrogen and oxygen atoms in total. The SMILES string of the molecule is CCCNC1CCOC(CCc2ccccc2)C1. The molecule has 18 heavy (non-hydrogen) atoms. The van der Waals surface area contributed by atoms with Crippen molar-refractivity contribution >= 4 is 0 Å². The zero-order valence-corrected chi connectivity index (χ0v) is 11.4.